The summed E-state index contributed by atoms with van der Waals surface area (Å²) in [5.74, 6) is -3.51. The summed E-state index contributed by atoms with van der Waals surface area (Å²) in [6.45, 7) is 7.50. The summed E-state index contributed by atoms with van der Waals surface area (Å²) < 4.78 is 27.7. The van der Waals surface area contributed by atoms with Gasteiger partial charge in [-0.3, -0.25) is 47.9 Å². The second-order valence-corrected chi connectivity index (χ2v) is 30.3. The average molecular weight is 1610 g/mol. The number of amides is 5. The van der Waals surface area contributed by atoms with E-state index in [1.807, 2.05) is 151 Å². The van der Waals surface area contributed by atoms with E-state index in [9.17, 15) is 73.1 Å². The third kappa shape index (κ3) is 38.8. The highest BCUT2D eigenvalue weighted by Crippen LogP contribution is 2.23. The van der Waals surface area contributed by atoms with Gasteiger partial charge in [0.1, 0.15) is 36.0 Å². The van der Waals surface area contributed by atoms with Gasteiger partial charge in [-0.1, -0.05) is 195 Å². The van der Waals surface area contributed by atoms with Crippen LogP contribution in [0.2, 0.25) is 0 Å². The second kappa shape index (κ2) is 53.3. The Hall–Kier alpha value is -9.11. The van der Waals surface area contributed by atoms with E-state index in [0.717, 1.165) is 60.8 Å². The van der Waals surface area contributed by atoms with Crippen LogP contribution in [0.4, 0.5) is 0 Å². The van der Waals surface area contributed by atoms with E-state index in [1.54, 1.807) is 24.3 Å². The fourth-order valence-corrected chi connectivity index (χ4v) is 13.9. The number of benzene rings is 4. The first-order valence-corrected chi connectivity index (χ1v) is 40.5. The molecule has 0 aliphatic carbocycles. The minimum atomic E-state index is -1.22. The largest absolute Gasteiger partial charge is 0.478 e. The molecule has 0 spiro atoms. The molecule has 620 valence electrons. The van der Waals surface area contributed by atoms with E-state index >= 15 is 0 Å². The molecule has 0 unspecified atom stereocenters. The lowest BCUT2D eigenvalue weighted by atomic mass is 9.74. The molecule has 0 radical (unpaired) electrons. The molecule has 2 saturated heterocycles. The molecule has 4 aromatic carbocycles. The zero-order chi connectivity index (χ0) is 84.2. The van der Waals surface area contributed by atoms with E-state index in [4.69, 9.17) is 28.1 Å². The number of carbonyl (C=O) groups excluding carboxylic acids is 10. The van der Waals surface area contributed by atoms with Crippen molar-refractivity contribution < 1.29 is 101 Å². The van der Waals surface area contributed by atoms with Crippen molar-refractivity contribution in [3.8, 4) is 0 Å². The van der Waals surface area contributed by atoms with Gasteiger partial charge in [0.05, 0.1) is 78.6 Å². The first-order valence-electron chi connectivity index (χ1n) is 39.6. The fourth-order valence-electron chi connectivity index (χ4n) is 13.2. The van der Waals surface area contributed by atoms with Crippen molar-refractivity contribution in [3.63, 3.8) is 0 Å². The number of hydrogen-bond acceptors (Lipinski definition) is 23. The van der Waals surface area contributed by atoms with Crippen LogP contribution in [0.15, 0.2) is 180 Å². The Labute approximate surface area is 686 Å². The van der Waals surface area contributed by atoms with E-state index in [1.165, 1.54) is 53.1 Å². The molecule has 116 heavy (non-hydrogen) atoms. The Morgan fingerprint density at radius 1 is 0.379 bits per heavy atom. The van der Waals surface area contributed by atoms with Crippen molar-refractivity contribution in [2.45, 2.75) is 236 Å². The van der Waals surface area contributed by atoms with Crippen molar-refractivity contribution in [2.75, 3.05) is 7.11 Å². The summed E-state index contributed by atoms with van der Waals surface area (Å²) in [4.78, 5) is 123. The number of nitrogens with one attached hydrogen (secondary N) is 5. The molecule has 6 heterocycles. The Balaban J connectivity index is 0.000000225. The van der Waals surface area contributed by atoms with Crippen LogP contribution < -0.4 is 26.6 Å². The molecular weight excluding hydrogens is 1500 g/mol. The van der Waals surface area contributed by atoms with Crippen LogP contribution in [0.5, 0.6) is 0 Å². The van der Waals surface area contributed by atoms with Gasteiger partial charge in [-0.2, -0.15) is 0 Å². The quantitative estimate of drug-likeness (QED) is 0.0113. The van der Waals surface area contributed by atoms with Crippen LogP contribution in [0.25, 0.3) is 0 Å². The molecule has 10 N–H and O–H groups in total. The van der Waals surface area contributed by atoms with Gasteiger partial charge in [0, 0.05) is 44.3 Å². The maximum Gasteiger partial charge on any atom is 0.478 e. The van der Waals surface area contributed by atoms with E-state index in [0.29, 0.717) is 62.7 Å². The summed E-state index contributed by atoms with van der Waals surface area (Å²) in [6.07, 6.45) is 20.9. The summed E-state index contributed by atoms with van der Waals surface area (Å²) in [5.41, 5.74) is 3.82. The maximum atomic E-state index is 12.5. The first kappa shape index (κ1) is 95.7. The predicted molar refractivity (Wildman–Crippen MR) is 446 cm³/mol. The van der Waals surface area contributed by atoms with Crippen LogP contribution in [0.1, 0.15) is 177 Å². The minimum absolute atomic E-state index is 0.0147. The highest BCUT2D eigenvalue weighted by Gasteiger charge is 2.38. The van der Waals surface area contributed by atoms with Gasteiger partial charge >= 0.3 is 35.6 Å². The molecule has 5 aliphatic heterocycles. The smallest absolute Gasteiger partial charge is 0.426 e. The SMILES string of the molecule is CC(=O)C[C@@H]1C/C=C\C[C@H](NC(=O)Cc2ccccc2)B(O)O1.CC(=O)C[C@@H]1CCCC[C@H](NC(=O)Cc2ccccc2)B(O)O1.CC(=O)C[C@H]1C/C=C\C[C@H](NC(=O)Cc2ccccc2)B(O)O1.CC(=O)C[C@H]1CCCC[C@H](NC(=O)Cc2ccccc2)B(O)O1.CO/N=C(\C(=O)N[C@H]1CC=C[C@H](CC(C)=O)OB1O)c1cccs1. The summed E-state index contributed by atoms with van der Waals surface area (Å²) in [7, 11) is -4.24. The van der Waals surface area contributed by atoms with Gasteiger partial charge in [0.2, 0.25) is 23.6 Å². The van der Waals surface area contributed by atoms with Gasteiger partial charge < -0.3 is 79.8 Å². The number of Topliss-reactive ketones (excluding diaryl/α,β-unsaturated/α-hetero) is 5. The lowest BCUT2D eigenvalue weighted by Crippen LogP contribution is -2.50. The molecule has 10 rings (SSSR count). The molecule has 5 amide bonds. The molecule has 0 bridgehead atoms. The average Bonchev–Trinajstić information content (AvgIpc) is 1.68. The Morgan fingerprint density at radius 2 is 0.690 bits per heavy atom. The molecule has 33 heteroatoms. The lowest BCUT2D eigenvalue weighted by molar-refractivity contribution is -0.122. The van der Waals surface area contributed by atoms with Crippen LogP contribution in [0, 0.1) is 0 Å². The summed E-state index contributed by atoms with van der Waals surface area (Å²) in [5, 5.41) is 70.6. The summed E-state index contributed by atoms with van der Waals surface area (Å²) in [6, 6.07) is 41.4. The molecule has 5 aromatic rings. The summed E-state index contributed by atoms with van der Waals surface area (Å²) >= 11 is 1.36. The van der Waals surface area contributed by atoms with Crippen LogP contribution in [-0.4, -0.2) is 192 Å². The number of thiophene rings is 1. The van der Waals surface area contributed by atoms with E-state index in [-0.39, 0.29) is 128 Å². The number of ketones is 5. The molecule has 1 aromatic heterocycles. The predicted octanol–water partition coefficient (Wildman–Crippen LogP) is 7.17. The standard InChI is InChI=1S/2C17H24BNO4.2C17H22BNO4.C15H19BN2O5S/c4*1-13(20)11-15-9-5-6-10-16(18(22)23-15)19-17(21)12-14-7-3-2-4-8-14;1-10(19)9-11-5-3-7-13(16(21)23-11)17-15(20)14(18-22-2)12-6-4-8-24-12/h2*2-4,7-8,15-16,22H,5-6,9-12H2,1H3,(H,19,21);2*2-8,15-16,22H,9-12H2,1H3,(H,19,21);3-6,8,11,13,21H,7,9H2,1-2H3,(H,17,20)/b;;2*6-5-;18-14-/t15-,16+;15-,16-;15-,16+;15-,16-;11-,13+/m10101/s1. The number of oxime groups is 1. The van der Waals surface area contributed by atoms with E-state index in [2.05, 4.69) is 31.7 Å². The normalized spacial score (nSPS) is 22.2. The zero-order valence-electron chi connectivity index (χ0n) is 67.1. The van der Waals surface area contributed by atoms with Gasteiger partial charge in [-0.25, -0.2) is 0 Å². The van der Waals surface area contributed by atoms with E-state index < -0.39 is 77.3 Å². The first-order chi connectivity index (χ1) is 55.7. The monoisotopic (exact) mass is 1610 g/mol. The second-order valence-electron chi connectivity index (χ2n) is 29.3. The molecule has 5 aliphatic rings. The Kier molecular flexibility index (Phi) is 44.0. The van der Waals surface area contributed by atoms with Crippen molar-refractivity contribution >= 4 is 111 Å². The maximum absolute atomic E-state index is 12.5. The van der Waals surface area contributed by atoms with Crippen molar-refractivity contribution in [2.24, 2.45) is 5.16 Å². The molecular formula is C83H111B5N6O21S. The molecule has 0 saturated carbocycles. The van der Waals surface area contributed by atoms with Crippen molar-refractivity contribution in [1.82, 2.24) is 26.6 Å². The molecule has 2 fully saturated rings. The minimum Gasteiger partial charge on any atom is -0.426 e. The van der Waals surface area contributed by atoms with Gasteiger partial charge in [0.25, 0.3) is 5.91 Å². The van der Waals surface area contributed by atoms with Crippen molar-refractivity contribution in [3.05, 3.63) is 202 Å². The Bertz CT molecular complexity index is 3770. The van der Waals surface area contributed by atoms with Gasteiger partial charge in [-0.05, 0) is 126 Å². The third-order valence-corrected chi connectivity index (χ3v) is 19.7. The lowest BCUT2D eigenvalue weighted by Gasteiger charge is -2.28. The molecule has 10 atom stereocenters. The zero-order valence-corrected chi connectivity index (χ0v) is 67.9. The number of carbonyl (C=O) groups is 10. The molecule has 27 nitrogen and oxygen atoms in total. The number of nitrogens with zero attached hydrogens (tertiary/aromatic N) is 1. The van der Waals surface area contributed by atoms with Gasteiger partial charge in [0.15, 0.2) is 5.71 Å². The van der Waals surface area contributed by atoms with Crippen molar-refractivity contribution in [1.29, 1.82) is 0 Å². The Morgan fingerprint density at radius 3 is 1.04 bits per heavy atom. The van der Waals surface area contributed by atoms with Crippen LogP contribution >= 0.6 is 11.3 Å². The van der Waals surface area contributed by atoms with Crippen LogP contribution in [-0.2, 0) is 102 Å². The highest BCUT2D eigenvalue weighted by molar-refractivity contribution is 7.13. The fraction of sp³-hybridized carbons (Fsp3) is 0.458. The third-order valence-electron chi connectivity index (χ3n) is 18.8. The topological polar surface area (TPSA) is 400 Å². The number of rotatable bonds is 26. The number of hydrogen-bond donors (Lipinski definition) is 10. The van der Waals surface area contributed by atoms with Gasteiger partial charge in [-0.15, -0.1) is 11.3 Å². The highest BCUT2D eigenvalue weighted by atomic mass is 32.1. The van der Waals surface area contributed by atoms with Crippen LogP contribution in [0.3, 0.4) is 0 Å².